The zero-order chi connectivity index (χ0) is 67.3. The number of nitrogens with one attached hydrogen (secondary N) is 7. The number of carbonyl (C=O) groups excluding carboxylic acids is 8. The van der Waals surface area contributed by atoms with Gasteiger partial charge in [0.1, 0.15) is 0 Å². The first-order chi connectivity index (χ1) is 34.9. The lowest BCUT2D eigenvalue weighted by Crippen LogP contribution is -2.51. The second-order valence-electron chi connectivity index (χ2n) is 14.7. The summed E-state index contributed by atoms with van der Waals surface area (Å²) in [5.41, 5.74) is -1.82. The molecule has 0 saturated heterocycles. The molecule has 1 aromatic heterocycles. The molecule has 0 spiro atoms. The maximum absolute atomic E-state index is 11.1. The molecule has 0 atom stereocenters. The second-order valence-corrected chi connectivity index (χ2v) is 28.4. The number of imide groups is 2. The Morgan fingerprint density at radius 2 is 0.637 bits per heavy atom. The van der Waals surface area contributed by atoms with E-state index in [0.717, 1.165) is 76.4 Å². The van der Waals surface area contributed by atoms with Crippen molar-refractivity contribution in [2.45, 2.75) is 48.5 Å². The van der Waals surface area contributed by atoms with Gasteiger partial charge in [0.15, 0.2) is 0 Å². The molecule has 80 heavy (non-hydrogen) atoms. The lowest BCUT2D eigenvalue weighted by atomic mass is 10.5. The van der Waals surface area contributed by atoms with Crippen LogP contribution in [0.2, 0.25) is 0 Å². The number of carbonyl (C=O) groups is 8. The minimum atomic E-state index is -3.62. The second kappa shape index (κ2) is 42.7. The van der Waals surface area contributed by atoms with E-state index >= 15 is 0 Å². The minimum Gasteiger partial charge on any atom is -0.359 e. The summed E-state index contributed by atoms with van der Waals surface area (Å²) in [5.74, 6) is -2.11. The Hall–Kier alpha value is -6.10. The first-order valence-corrected chi connectivity index (χ1v) is 33.6. The molecule has 0 aliphatic carbocycles. The summed E-state index contributed by atoms with van der Waals surface area (Å²) in [5, 5.41) is 9.15. The van der Waals surface area contributed by atoms with Gasteiger partial charge in [0.05, 0.1) is 43.8 Å². The van der Waals surface area contributed by atoms with Crippen LogP contribution >= 0.6 is 0 Å². The average Bonchev–Trinajstić information content (AvgIpc) is 3.23. The van der Waals surface area contributed by atoms with Gasteiger partial charge in [-0.1, -0.05) is 3.71 Å². The number of sulfonamides is 7. The molecule has 9 amide bonds. The summed E-state index contributed by atoms with van der Waals surface area (Å²) in [6, 6.07) is -0.157. The van der Waals surface area contributed by atoms with Crippen molar-refractivity contribution in [3.8, 4) is 0 Å². The predicted octanol–water partition coefficient (Wildman–Crippen LogP) is -8.24. The van der Waals surface area contributed by atoms with Crippen LogP contribution in [0, 0.1) is 0 Å². The lowest BCUT2D eigenvalue weighted by molar-refractivity contribution is -0.140. The Morgan fingerprint density at radius 1 is 0.388 bits per heavy atom. The standard InChI is InChI=1S/C6H9N3O3.C5H9NO2.C4H9NO3S.C4H7NO2.C3H8N2O.C3H9NO4S2.C3H7NO3S.C3H7NO.C2H7NO4S2.C2H7NO2S/c1-7-4(10)8(2)6(12)9(3)5(7)11;1-4(7)6(3)5(2)8;1-4(6)5(2)9(3,7)8;1-3(6)5-4(2)7;1-4-3(6)5-2;1-4(9(2,5)6)10(3,7)8;1-3(5)4-8(2,6)7;1-3(5)4-2;1-8(4,5)3-9(2,6)7;1-3-6(2,4)5/h1-3H3;1-3H3;1-3H3;1-2H3,(H,5,6,7);1-2H3,(H2,4,5,6);1-3H3;1-2H3,(H,4,5);1-2H3,(H,4,5);3H,1-2H3;3H,1-2H3. The van der Waals surface area contributed by atoms with Crippen molar-refractivity contribution in [1.82, 2.24) is 61.5 Å². The smallest absolute Gasteiger partial charge is 0.335 e. The Kier molecular flexibility index (Phi) is 49.8. The van der Waals surface area contributed by atoms with Crippen LogP contribution in [0.3, 0.4) is 0 Å². The van der Waals surface area contributed by atoms with Crippen LogP contribution in [0.4, 0.5) is 4.79 Å². The third kappa shape index (κ3) is 69.9. The first-order valence-electron chi connectivity index (χ1n) is 20.5. The van der Waals surface area contributed by atoms with Crippen molar-refractivity contribution in [2.24, 2.45) is 21.1 Å². The van der Waals surface area contributed by atoms with Crippen LogP contribution in [-0.4, -0.2) is 226 Å². The quantitative estimate of drug-likeness (QED) is 0.133. The minimum absolute atomic E-state index is 0.00463. The van der Waals surface area contributed by atoms with Crippen molar-refractivity contribution < 1.29 is 97.3 Å². The van der Waals surface area contributed by atoms with Crippen molar-refractivity contribution in [3.63, 3.8) is 0 Å². The molecular formula is C35H79N13O25S7. The molecule has 476 valence electrons. The summed E-state index contributed by atoms with van der Waals surface area (Å²) in [6.07, 6.45) is 6.21. The number of hydrogen-bond donors (Lipinski definition) is 7. The molecule has 0 unspecified atom stereocenters. The van der Waals surface area contributed by atoms with Crippen molar-refractivity contribution in [1.29, 1.82) is 0 Å². The fraction of sp³-hybridized carbons (Fsp3) is 0.686. The van der Waals surface area contributed by atoms with Gasteiger partial charge in [0, 0.05) is 112 Å². The molecule has 1 aromatic rings. The zero-order valence-corrected chi connectivity index (χ0v) is 54.5. The fourth-order valence-electron chi connectivity index (χ4n) is 2.53. The monoisotopic (exact) mass is 1310 g/mol. The van der Waals surface area contributed by atoms with Crippen LogP contribution in [0.5, 0.6) is 0 Å². The summed E-state index contributed by atoms with van der Waals surface area (Å²) < 4.78 is 153. The van der Waals surface area contributed by atoms with Gasteiger partial charge in [0.2, 0.25) is 112 Å². The summed E-state index contributed by atoms with van der Waals surface area (Å²) >= 11 is 0. The van der Waals surface area contributed by atoms with Gasteiger partial charge in [-0.3, -0.25) is 48.5 Å². The number of aromatic nitrogens is 3. The lowest BCUT2D eigenvalue weighted by Gasteiger charge is -2.09. The van der Waals surface area contributed by atoms with E-state index in [9.17, 15) is 112 Å². The highest BCUT2D eigenvalue weighted by atomic mass is 32.3. The van der Waals surface area contributed by atoms with Crippen LogP contribution in [-0.2, 0) is 125 Å². The molecule has 45 heteroatoms. The van der Waals surface area contributed by atoms with Crippen molar-refractivity contribution >= 4 is 118 Å². The Morgan fingerprint density at radius 3 is 0.662 bits per heavy atom. The predicted molar refractivity (Wildman–Crippen MR) is 295 cm³/mol. The molecule has 0 fully saturated rings. The Balaban J connectivity index is -0.000000101. The normalized spacial score (nSPS) is 10.5. The average molecular weight is 1310 g/mol. The Labute approximate surface area is 468 Å². The van der Waals surface area contributed by atoms with Gasteiger partial charge in [-0.2, -0.15) is 0 Å². The maximum Gasteiger partial charge on any atom is 0.335 e. The van der Waals surface area contributed by atoms with E-state index in [1.165, 1.54) is 88.0 Å². The first kappa shape index (κ1) is 93.2. The molecule has 0 saturated carbocycles. The molecular weight excluding hydrogens is 1230 g/mol. The van der Waals surface area contributed by atoms with Crippen LogP contribution < -0.4 is 51.9 Å². The number of nitrogens with zero attached hydrogens (tertiary/aromatic N) is 6. The molecule has 1 heterocycles. The van der Waals surface area contributed by atoms with E-state index in [1.807, 2.05) is 5.32 Å². The molecule has 38 nitrogen and oxygen atoms in total. The number of rotatable bonds is 7. The molecule has 0 bridgehead atoms. The van der Waals surface area contributed by atoms with Crippen molar-refractivity contribution in [2.75, 3.05) is 93.1 Å². The molecule has 7 N–H and O–H groups in total. The van der Waals surface area contributed by atoms with E-state index in [-0.39, 0.29) is 35.6 Å². The number of urea groups is 1. The molecule has 0 aromatic carbocycles. The van der Waals surface area contributed by atoms with Gasteiger partial charge < -0.3 is 16.0 Å². The van der Waals surface area contributed by atoms with Gasteiger partial charge in [-0.05, 0) is 7.05 Å². The highest BCUT2D eigenvalue weighted by Crippen LogP contribution is 1.98. The third-order valence-corrected chi connectivity index (χ3v) is 15.3. The fourth-order valence-corrected chi connectivity index (χ4v) is 7.69. The van der Waals surface area contributed by atoms with Crippen LogP contribution in [0.25, 0.3) is 0 Å². The highest BCUT2D eigenvalue weighted by Gasteiger charge is 2.20. The number of hydrogen-bond acceptors (Lipinski definition) is 25. The van der Waals surface area contributed by atoms with Crippen LogP contribution in [0.15, 0.2) is 14.4 Å². The molecule has 0 aliphatic heterocycles. The third-order valence-electron chi connectivity index (χ3n) is 6.70. The van der Waals surface area contributed by atoms with E-state index in [4.69, 9.17) is 0 Å². The van der Waals surface area contributed by atoms with E-state index in [0.29, 0.717) is 8.02 Å². The molecule has 1 rings (SSSR count). The molecule has 0 radical (unpaired) electrons. The van der Waals surface area contributed by atoms with Crippen molar-refractivity contribution in [3.05, 3.63) is 31.5 Å². The van der Waals surface area contributed by atoms with Gasteiger partial charge in [-0.15, -0.1) is 4.13 Å². The van der Waals surface area contributed by atoms with E-state index in [2.05, 4.69) is 20.7 Å². The highest BCUT2D eigenvalue weighted by molar-refractivity contribution is 8.04. The van der Waals surface area contributed by atoms with Gasteiger partial charge in [0.25, 0.3) is 0 Å². The van der Waals surface area contributed by atoms with Gasteiger partial charge >= 0.3 is 23.1 Å². The van der Waals surface area contributed by atoms with E-state index in [1.54, 1.807) is 25.9 Å². The van der Waals surface area contributed by atoms with Crippen LogP contribution in [0.1, 0.15) is 48.5 Å². The Bertz CT molecular complexity index is 3010. The molecule has 0 aliphatic rings. The largest absolute Gasteiger partial charge is 0.359 e. The van der Waals surface area contributed by atoms with Gasteiger partial charge in [-0.25, -0.2) is 101 Å². The summed E-state index contributed by atoms with van der Waals surface area (Å²) in [4.78, 5) is 115. The summed E-state index contributed by atoms with van der Waals surface area (Å²) in [6.45, 7) is 9.09. The zero-order valence-electron chi connectivity index (χ0n) is 48.7. The van der Waals surface area contributed by atoms with E-state index < -0.39 is 99.0 Å². The SMILES string of the molecule is CC(=O)N(C)C(C)=O.CC(=O)N(C)S(C)(=O)=O.CC(=O)NC(C)=O.CC(=O)NS(C)(=O)=O.CN(S(C)(=O)=O)S(C)(=O)=O.CNC(=O)NC.CNC(C)=O.CNS(C)(=O)=O.CS(=O)(=O)NS(C)(=O)=O.Cn1c(=O)n(C)c(=O)n(C)c1=O. The topological polar surface area (TPSA) is 535 Å². The summed E-state index contributed by atoms with van der Waals surface area (Å²) in [7, 11) is -10.3. The number of amides is 9. The maximum atomic E-state index is 11.1.